The Balaban J connectivity index is 0.00000121. The molecule has 0 radical (unpaired) electrons. The van der Waals surface area contributed by atoms with Crippen molar-refractivity contribution in [3.05, 3.63) is 29.8 Å². The highest BCUT2D eigenvalue weighted by Gasteiger charge is 2.36. The second kappa shape index (κ2) is 9.27. The number of rotatable bonds is 3. The Labute approximate surface area is 168 Å². The minimum Gasteiger partial charge on any atom is -0.378 e. The van der Waals surface area contributed by atoms with Gasteiger partial charge in [-0.25, -0.2) is 0 Å². The van der Waals surface area contributed by atoms with E-state index in [-0.39, 0.29) is 30.7 Å². The van der Waals surface area contributed by atoms with Crippen LogP contribution in [-0.2, 0) is 4.74 Å². The standard InChI is InChI=1S/C19H27N3O2.2ClH/c1-21(18-12-15-4-5-16(13-18)20-15)19(23)14-2-6-17(7-3-14)22-8-10-24-11-9-22;;/h2-3,6-7,15-16,18,20H,4-5,8-13H2,1H3;2*1H. The Bertz CT molecular complexity index is 581. The van der Waals surface area contributed by atoms with Crippen LogP contribution < -0.4 is 10.2 Å². The Kier molecular flexibility index (Phi) is 7.59. The third-order valence-corrected chi connectivity index (χ3v) is 5.81. The van der Waals surface area contributed by atoms with Crippen molar-refractivity contribution in [3.8, 4) is 0 Å². The van der Waals surface area contributed by atoms with Gasteiger partial charge in [0, 0.05) is 49.5 Å². The molecular weight excluding hydrogens is 373 g/mol. The number of nitrogens with one attached hydrogen (secondary N) is 1. The van der Waals surface area contributed by atoms with Crippen LogP contribution in [0.3, 0.4) is 0 Å². The molecular formula is C19H29Cl2N3O2. The van der Waals surface area contributed by atoms with Crippen molar-refractivity contribution in [2.75, 3.05) is 38.3 Å². The van der Waals surface area contributed by atoms with Crippen LogP contribution in [0.25, 0.3) is 0 Å². The molecule has 3 fully saturated rings. The molecule has 1 amide bonds. The summed E-state index contributed by atoms with van der Waals surface area (Å²) in [6.07, 6.45) is 4.70. The molecule has 26 heavy (non-hydrogen) atoms. The van der Waals surface area contributed by atoms with Gasteiger partial charge >= 0.3 is 0 Å². The van der Waals surface area contributed by atoms with Gasteiger partial charge in [-0.3, -0.25) is 4.79 Å². The number of carbonyl (C=O) groups is 1. The highest BCUT2D eigenvalue weighted by atomic mass is 35.5. The SMILES string of the molecule is CN(C(=O)c1ccc(N2CCOCC2)cc1)C1CC2CCC(C1)N2.Cl.Cl. The van der Waals surface area contributed by atoms with E-state index in [1.165, 1.54) is 18.5 Å². The van der Waals surface area contributed by atoms with Crippen LogP contribution in [-0.4, -0.2) is 62.3 Å². The number of hydrogen-bond donors (Lipinski definition) is 1. The molecule has 5 nitrogen and oxygen atoms in total. The Morgan fingerprint density at radius 1 is 1.08 bits per heavy atom. The van der Waals surface area contributed by atoms with E-state index in [1.807, 2.05) is 24.1 Å². The zero-order valence-corrected chi connectivity index (χ0v) is 16.9. The number of halogens is 2. The molecule has 3 aliphatic rings. The average molecular weight is 402 g/mol. The van der Waals surface area contributed by atoms with Crippen molar-refractivity contribution in [2.45, 2.75) is 43.8 Å². The van der Waals surface area contributed by atoms with Crippen molar-refractivity contribution < 1.29 is 9.53 Å². The average Bonchev–Trinajstić information content (AvgIpc) is 2.99. The molecule has 0 saturated carbocycles. The number of morpholine rings is 1. The van der Waals surface area contributed by atoms with E-state index in [0.717, 1.165) is 44.7 Å². The fraction of sp³-hybridized carbons (Fsp3) is 0.632. The van der Waals surface area contributed by atoms with Gasteiger partial charge in [-0.05, 0) is 49.9 Å². The highest BCUT2D eigenvalue weighted by molar-refractivity contribution is 5.94. The lowest BCUT2D eigenvalue weighted by atomic mass is 9.98. The third kappa shape index (κ3) is 4.45. The van der Waals surface area contributed by atoms with Crippen molar-refractivity contribution in [1.29, 1.82) is 0 Å². The minimum atomic E-state index is 0. The lowest BCUT2D eigenvalue weighted by molar-refractivity contribution is 0.0681. The molecule has 2 unspecified atom stereocenters. The predicted octanol–water partition coefficient (Wildman–Crippen LogP) is 2.72. The minimum absolute atomic E-state index is 0. The number of hydrogen-bond acceptors (Lipinski definition) is 4. The molecule has 1 aromatic carbocycles. The molecule has 1 N–H and O–H groups in total. The summed E-state index contributed by atoms with van der Waals surface area (Å²) < 4.78 is 5.40. The summed E-state index contributed by atoms with van der Waals surface area (Å²) >= 11 is 0. The lowest BCUT2D eigenvalue weighted by Crippen LogP contribution is -2.48. The first-order chi connectivity index (χ1) is 11.7. The summed E-state index contributed by atoms with van der Waals surface area (Å²) in [5.41, 5.74) is 1.97. The van der Waals surface area contributed by atoms with Crippen molar-refractivity contribution in [1.82, 2.24) is 10.2 Å². The molecule has 146 valence electrons. The van der Waals surface area contributed by atoms with Gasteiger partial charge < -0.3 is 19.9 Å². The number of benzene rings is 1. The first-order valence-corrected chi connectivity index (χ1v) is 9.16. The van der Waals surface area contributed by atoms with Gasteiger partial charge in [-0.2, -0.15) is 0 Å². The Morgan fingerprint density at radius 3 is 2.23 bits per heavy atom. The number of piperidine rings is 1. The van der Waals surface area contributed by atoms with E-state index in [4.69, 9.17) is 4.74 Å². The van der Waals surface area contributed by atoms with Crippen LogP contribution in [0.4, 0.5) is 5.69 Å². The molecule has 3 aliphatic heterocycles. The van der Waals surface area contributed by atoms with E-state index < -0.39 is 0 Å². The van der Waals surface area contributed by atoms with Crippen LogP contribution >= 0.6 is 24.8 Å². The maximum Gasteiger partial charge on any atom is 0.253 e. The van der Waals surface area contributed by atoms with Gasteiger partial charge in [0.25, 0.3) is 5.91 Å². The fourth-order valence-electron chi connectivity index (χ4n) is 4.35. The monoisotopic (exact) mass is 401 g/mol. The molecule has 1 aromatic rings. The maximum absolute atomic E-state index is 12.8. The highest BCUT2D eigenvalue weighted by Crippen LogP contribution is 2.30. The normalized spacial score (nSPS) is 27.3. The van der Waals surface area contributed by atoms with Crippen LogP contribution in [0.15, 0.2) is 24.3 Å². The van der Waals surface area contributed by atoms with Crippen molar-refractivity contribution in [3.63, 3.8) is 0 Å². The van der Waals surface area contributed by atoms with Gasteiger partial charge in [0.2, 0.25) is 0 Å². The number of amides is 1. The number of ether oxygens (including phenoxy) is 1. The summed E-state index contributed by atoms with van der Waals surface area (Å²) in [7, 11) is 1.97. The van der Waals surface area contributed by atoms with Crippen LogP contribution in [0.5, 0.6) is 0 Å². The second-order valence-electron chi connectivity index (χ2n) is 7.33. The zero-order chi connectivity index (χ0) is 16.5. The molecule has 7 heteroatoms. The topological polar surface area (TPSA) is 44.8 Å². The van der Waals surface area contributed by atoms with Gasteiger partial charge in [0.1, 0.15) is 0 Å². The van der Waals surface area contributed by atoms with Crippen LogP contribution in [0.2, 0.25) is 0 Å². The molecule has 2 bridgehead atoms. The maximum atomic E-state index is 12.8. The molecule has 2 atom stereocenters. The Hall–Kier alpha value is -1.01. The number of fused-ring (bicyclic) bond motifs is 2. The van der Waals surface area contributed by atoms with Gasteiger partial charge in [0.15, 0.2) is 0 Å². The predicted molar refractivity (Wildman–Crippen MR) is 109 cm³/mol. The van der Waals surface area contributed by atoms with Crippen LogP contribution in [0.1, 0.15) is 36.0 Å². The van der Waals surface area contributed by atoms with Gasteiger partial charge in [-0.15, -0.1) is 24.8 Å². The number of carbonyl (C=O) groups excluding carboxylic acids is 1. The fourth-order valence-corrected chi connectivity index (χ4v) is 4.35. The van der Waals surface area contributed by atoms with E-state index in [9.17, 15) is 4.79 Å². The summed E-state index contributed by atoms with van der Waals surface area (Å²) in [6.45, 7) is 3.40. The quantitative estimate of drug-likeness (QED) is 0.845. The smallest absolute Gasteiger partial charge is 0.253 e. The molecule has 0 spiro atoms. The zero-order valence-electron chi connectivity index (χ0n) is 15.2. The molecule has 3 heterocycles. The number of anilines is 1. The largest absolute Gasteiger partial charge is 0.378 e. The van der Waals surface area contributed by atoms with E-state index in [1.54, 1.807) is 0 Å². The first-order valence-electron chi connectivity index (χ1n) is 9.16. The molecule has 0 aliphatic carbocycles. The van der Waals surface area contributed by atoms with Crippen LogP contribution in [0, 0.1) is 0 Å². The molecule has 3 saturated heterocycles. The molecule has 4 rings (SSSR count). The van der Waals surface area contributed by atoms with Crippen molar-refractivity contribution >= 4 is 36.4 Å². The second-order valence-corrected chi connectivity index (χ2v) is 7.33. The summed E-state index contributed by atoms with van der Waals surface area (Å²) in [5, 5.41) is 3.64. The van der Waals surface area contributed by atoms with E-state index >= 15 is 0 Å². The first kappa shape index (κ1) is 21.3. The summed E-state index contributed by atoms with van der Waals surface area (Å²) in [6, 6.07) is 9.66. The summed E-state index contributed by atoms with van der Waals surface area (Å²) in [5.74, 6) is 0.148. The van der Waals surface area contributed by atoms with E-state index in [0.29, 0.717) is 18.1 Å². The number of nitrogens with zero attached hydrogens (tertiary/aromatic N) is 2. The third-order valence-electron chi connectivity index (χ3n) is 5.81. The van der Waals surface area contributed by atoms with Crippen molar-refractivity contribution in [2.24, 2.45) is 0 Å². The molecule has 0 aromatic heterocycles. The lowest BCUT2D eigenvalue weighted by Gasteiger charge is -2.35. The Morgan fingerprint density at radius 2 is 1.65 bits per heavy atom. The van der Waals surface area contributed by atoms with Gasteiger partial charge in [0.05, 0.1) is 13.2 Å². The van der Waals surface area contributed by atoms with Gasteiger partial charge in [-0.1, -0.05) is 0 Å². The summed E-state index contributed by atoms with van der Waals surface area (Å²) in [4.78, 5) is 17.1. The van der Waals surface area contributed by atoms with E-state index in [2.05, 4.69) is 22.3 Å².